The lowest BCUT2D eigenvalue weighted by Gasteiger charge is -2.28. The number of methoxy groups -OCH3 is 1. The van der Waals surface area contributed by atoms with E-state index >= 15 is 0 Å². The third-order valence-corrected chi connectivity index (χ3v) is 5.15. The molecule has 1 aliphatic rings. The summed E-state index contributed by atoms with van der Waals surface area (Å²) in [7, 11) is 1.34. The van der Waals surface area contributed by atoms with E-state index < -0.39 is 41.7 Å². The Kier molecular flexibility index (Phi) is 8.47. The van der Waals surface area contributed by atoms with Crippen LogP contribution in [0.2, 0.25) is 0 Å². The zero-order valence-electron chi connectivity index (χ0n) is 17.2. The van der Waals surface area contributed by atoms with Crippen molar-refractivity contribution in [2.24, 2.45) is 0 Å². The Balaban J connectivity index is 1.72. The van der Waals surface area contributed by atoms with Crippen LogP contribution in [0.3, 0.4) is 0 Å². The minimum atomic E-state index is -1.73. The minimum Gasteiger partial charge on any atom is -0.383 e. The summed E-state index contributed by atoms with van der Waals surface area (Å²) in [5.74, 6) is 0. The van der Waals surface area contributed by atoms with Crippen LogP contribution in [-0.2, 0) is 32.2 Å². The monoisotopic (exact) mass is 433 g/mol. The zero-order valence-corrected chi connectivity index (χ0v) is 17.2. The molecule has 0 aliphatic carbocycles. The van der Waals surface area contributed by atoms with Crippen LogP contribution in [-0.4, -0.2) is 65.6 Å². The maximum absolute atomic E-state index is 11.7. The van der Waals surface area contributed by atoms with Crippen LogP contribution >= 0.6 is 0 Å². The Bertz CT molecular complexity index is 806. The highest BCUT2D eigenvalue weighted by Gasteiger charge is 2.52. The van der Waals surface area contributed by atoms with Gasteiger partial charge in [-0.05, 0) is 11.1 Å². The number of aliphatic hydroxyl groups excluding tert-OH is 2. The van der Waals surface area contributed by atoms with Gasteiger partial charge >= 0.3 is 0 Å². The van der Waals surface area contributed by atoms with Crippen LogP contribution in [0.25, 0.3) is 0 Å². The molecule has 0 saturated carbocycles. The van der Waals surface area contributed by atoms with Crippen molar-refractivity contribution in [1.82, 2.24) is 0 Å². The highest BCUT2D eigenvalue weighted by Crippen LogP contribution is 2.26. The van der Waals surface area contributed by atoms with Gasteiger partial charge in [-0.15, -0.1) is 0 Å². The lowest BCUT2D eigenvalue weighted by molar-refractivity contribution is -0.549. The minimum absolute atomic E-state index is 0.0848. The Morgan fingerprint density at radius 2 is 1.55 bits per heavy atom. The van der Waals surface area contributed by atoms with E-state index in [1.165, 1.54) is 7.11 Å². The van der Waals surface area contributed by atoms with E-state index in [4.69, 9.17) is 18.9 Å². The van der Waals surface area contributed by atoms with E-state index in [2.05, 4.69) is 0 Å². The topological polar surface area (TPSA) is 121 Å². The van der Waals surface area contributed by atoms with Crippen LogP contribution in [0.15, 0.2) is 60.7 Å². The van der Waals surface area contributed by atoms with Gasteiger partial charge in [0, 0.05) is 12.0 Å². The number of hydrogen-bond donors (Lipinski definition) is 2. The van der Waals surface area contributed by atoms with E-state index in [0.29, 0.717) is 0 Å². The molecule has 0 spiro atoms. The van der Waals surface area contributed by atoms with Crippen LogP contribution in [0, 0.1) is 10.1 Å². The molecule has 1 saturated heterocycles. The van der Waals surface area contributed by atoms with Gasteiger partial charge in [-0.1, -0.05) is 60.7 Å². The van der Waals surface area contributed by atoms with Crippen molar-refractivity contribution in [2.75, 3.05) is 13.7 Å². The van der Waals surface area contributed by atoms with Crippen LogP contribution in [0.1, 0.15) is 11.1 Å². The number of nitrogens with zero attached hydrogens (tertiary/aromatic N) is 1. The Morgan fingerprint density at radius 1 is 0.968 bits per heavy atom. The van der Waals surface area contributed by atoms with Crippen molar-refractivity contribution in [3.63, 3.8) is 0 Å². The molecule has 2 N–H and O–H groups in total. The van der Waals surface area contributed by atoms with Crippen molar-refractivity contribution in [3.8, 4) is 0 Å². The van der Waals surface area contributed by atoms with Gasteiger partial charge in [0.25, 0.3) is 6.04 Å². The van der Waals surface area contributed by atoms with E-state index in [0.717, 1.165) is 11.1 Å². The van der Waals surface area contributed by atoms with Crippen LogP contribution in [0.4, 0.5) is 0 Å². The molecule has 0 amide bonds. The zero-order chi connectivity index (χ0) is 22.2. The highest BCUT2D eigenvalue weighted by molar-refractivity contribution is 5.14. The van der Waals surface area contributed by atoms with Crippen molar-refractivity contribution in [3.05, 3.63) is 81.9 Å². The van der Waals surface area contributed by atoms with Gasteiger partial charge in [0.15, 0.2) is 18.5 Å². The number of nitro groups is 1. The molecule has 9 heteroatoms. The Morgan fingerprint density at radius 3 is 2.10 bits per heavy atom. The first-order chi connectivity index (χ1) is 15.0. The number of rotatable bonds is 9. The van der Waals surface area contributed by atoms with E-state index in [1.807, 2.05) is 60.7 Å². The summed E-state index contributed by atoms with van der Waals surface area (Å²) in [6.07, 6.45) is -6.69. The molecule has 0 unspecified atom stereocenters. The first-order valence-electron chi connectivity index (χ1n) is 9.96. The second-order valence-corrected chi connectivity index (χ2v) is 7.30. The van der Waals surface area contributed by atoms with Gasteiger partial charge in [-0.25, -0.2) is 0 Å². The fourth-order valence-electron chi connectivity index (χ4n) is 3.50. The molecule has 2 aromatic carbocycles. The SMILES string of the molecule is CO[C@H]1O[C@H](COCc2ccccc2)[C@H](O)[C@H]([N+](=O)[O-])[C@@H](O)[C@H]1OCc1ccccc1. The molecule has 6 atom stereocenters. The number of ether oxygens (including phenoxy) is 4. The summed E-state index contributed by atoms with van der Waals surface area (Å²) in [6.45, 7) is 0.199. The smallest absolute Gasteiger partial charge is 0.269 e. The highest BCUT2D eigenvalue weighted by atomic mass is 16.7. The average molecular weight is 433 g/mol. The third-order valence-electron chi connectivity index (χ3n) is 5.15. The quantitative estimate of drug-likeness (QED) is 0.451. The summed E-state index contributed by atoms with van der Waals surface area (Å²) in [5, 5.41) is 33.0. The van der Waals surface area contributed by atoms with Crippen molar-refractivity contribution < 1.29 is 34.1 Å². The molecule has 0 aromatic heterocycles. The maximum atomic E-state index is 11.7. The summed E-state index contributed by atoms with van der Waals surface area (Å²) in [6, 6.07) is 16.8. The van der Waals surface area contributed by atoms with E-state index in [9.17, 15) is 20.3 Å². The van der Waals surface area contributed by atoms with Crippen molar-refractivity contribution in [2.45, 2.75) is 50.0 Å². The van der Waals surface area contributed by atoms with E-state index in [-0.39, 0.29) is 19.8 Å². The van der Waals surface area contributed by atoms with Gasteiger partial charge < -0.3 is 29.2 Å². The molecular formula is C22H27NO8. The molecule has 2 aromatic rings. The molecular weight excluding hydrogens is 406 g/mol. The third kappa shape index (κ3) is 6.07. The average Bonchev–Trinajstić information content (AvgIpc) is 2.87. The van der Waals surface area contributed by atoms with Crippen molar-refractivity contribution in [1.29, 1.82) is 0 Å². The van der Waals surface area contributed by atoms with Gasteiger partial charge in [0.1, 0.15) is 12.2 Å². The fraction of sp³-hybridized carbons (Fsp3) is 0.455. The predicted molar refractivity (Wildman–Crippen MR) is 110 cm³/mol. The normalized spacial score (nSPS) is 28.7. The van der Waals surface area contributed by atoms with Gasteiger partial charge in [-0.2, -0.15) is 0 Å². The largest absolute Gasteiger partial charge is 0.383 e. The molecule has 1 heterocycles. The first kappa shape index (κ1) is 23.3. The molecule has 1 aliphatic heterocycles. The fourth-order valence-corrected chi connectivity index (χ4v) is 3.50. The second-order valence-electron chi connectivity index (χ2n) is 7.30. The molecule has 168 valence electrons. The molecule has 1 fully saturated rings. The lowest BCUT2D eigenvalue weighted by Crippen LogP contribution is -2.52. The lowest BCUT2D eigenvalue weighted by atomic mass is 9.98. The summed E-state index contributed by atoms with van der Waals surface area (Å²) >= 11 is 0. The van der Waals surface area contributed by atoms with Crippen LogP contribution in [0.5, 0.6) is 0 Å². The van der Waals surface area contributed by atoms with E-state index in [1.54, 1.807) is 0 Å². The van der Waals surface area contributed by atoms with Crippen LogP contribution < -0.4 is 0 Å². The van der Waals surface area contributed by atoms with Crippen molar-refractivity contribution >= 4 is 0 Å². The van der Waals surface area contributed by atoms with Gasteiger partial charge in [0.05, 0.1) is 19.8 Å². The molecule has 0 bridgehead atoms. The number of benzene rings is 2. The van der Waals surface area contributed by atoms with Gasteiger partial charge in [0.2, 0.25) is 0 Å². The molecule has 0 radical (unpaired) electrons. The van der Waals surface area contributed by atoms with Gasteiger partial charge in [-0.3, -0.25) is 10.1 Å². The number of aliphatic hydroxyl groups is 2. The maximum Gasteiger partial charge on any atom is 0.269 e. The molecule has 31 heavy (non-hydrogen) atoms. The second kappa shape index (κ2) is 11.3. The standard InChI is InChI=1S/C22H27NO8/c1-28-22-21(30-13-16-10-6-3-7-11-16)20(25)18(23(26)27)19(24)17(31-22)14-29-12-15-8-4-2-5-9-15/h2-11,17-22,24-25H,12-14H2,1H3/t17-,18+,19+,20-,21-,22+/m1/s1. The molecule has 3 rings (SSSR count). The summed E-state index contributed by atoms with van der Waals surface area (Å²) in [4.78, 5) is 11.0. The summed E-state index contributed by atoms with van der Waals surface area (Å²) in [5.41, 5.74) is 1.72. The predicted octanol–water partition coefficient (Wildman–Crippen LogP) is 1.53. The molecule has 9 nitrogen and oxygen atoms in total. The Hall–Kier alpha value is -2.40. The Labute approximate surface area is 180 Å². The number of hydrogen-bond acceptors (Lipinski definition) is 8. The summed E-state index contributed by atoms with van der Waals surface area (Å²) < 4.78 is 22.5. The first-order valence-corrected chi connectivity index (χ1v) is 9.96.